The van der Waals surface area contributed by atoms with Crippen molar-refractivity contribution in [2.45, 2.75) is 26.2 Å². The number of fused-ring (bicyclic) bond motifs is 1. The van der Waals surface area contributed by atoms with Crippen LogP contribution in [0.4, 0.5) is 0 Å². The van der Waals surface area contributed by atoms with E-state index in [0.717, 1.165) is 10.0 Å². The quantitative estimate of drug-likeness (QED) is 0.614. The minimum atomic E-state index is -0.274. The van der Waals surface area contributed by atoms with E-state index >= 15 is 0 Å². The molecule has 0 N–H and O–H groups in total. The van der Waals surface area contributed by atoms with Crippen molar-refractivity contribution < 1.29 is 0 Å². The number of pyridine rings is 1. The third kappa shape index (κ3) is 1.73. The molecule has 0 aliphatic carbocycles. The second-order valence-electron chi connectivity index (χ2n) is 4.80. The molecule has 5 heteroatoms. The molecule has 0 aromatic carbocycles. The molecule has 0 saturated heterocycles. The first-order valence-electron chi connectivity index (χ1n) is 5.02. The third-order valence-corrected chi connectivity index (χ3v) is 2.50. The van der Waals surface area contributed by atoms with Gasteiger partial charge >= 0.3 is 0 Å². The van der Waals surface area contributed by atoms with E-state index in [-0.39, 0.29) is 11.0 Å². The van der Waals surface area contributed by atoms with Crippen molar-refractivity contribution >= 4 is 19.0 Å². The predicted molar refractivity (Wildman–Crippen MR) is 63.7 cm³/mol. The highest BCUT2D eigenvalue weighted by atomic mass is 16.1. The van der Waals surface area contributed by atoms with Gasteiger partial charge in [-0.3, -0.25) is 4.79 Å². The first kappa shape index (κ1) is 10.9. The van der Waals surface area contributed by atoms with Gasteiger partial charge in [0.15, 0.2) is 5.65 Å². The molecule has 2 radical (unpaired) electrons. The van der Waals surface area contributed by atoms with Crippen LogP contribution in [-0.4, -0.2) is 22.4 Å². The van der Waals surface area contributed by atoms with E-state index in [1.807, 2.05) is 0 Å². The Balaban J connectivity index is 2.79. The van der Waals surface area contributed by atoms with Gasteiger partial charge in [0.05, 0.1) is 11.7 Å². The van der Waals surface area contributed by atoms with E-state index in [1.54, 1.807) is 12.3 Å². The lowest BCUT2D eigenvalue weighted by Crippen LogP contribution is -2.20. The zero-order valence-corrected chi connectivity index (χ0v) is 9.56. The highest BCUT2D eigenvalue weighted by Crippen LogP contribution is 2.22. The van der Waals surface area contributed by atoms with Crippen molar-refractivity contribution in [3.05, 3.63) is 34.5 Å². The lowest BCUT2D eigenvalue weighted by molar-refractivity contribution is 0.588. The SMILES string of the molecule is [B]n1cnc2ncc(C(C)(C)C)cc2c1=O. The van der Waals surface area contributed by atoms with E-state index in [9.17, 15) is 4.79 Å². The summed E-state index contributed by atoms with van der Waals surface area (Å²) in [6.45, 7) is 6.19. The van der Waals surface area contributed by atoms with Crippen LogP contribution in [0.5, 0.6) is 0 Å². The molecule has 0 atom stereocenters. The molecule has 16 heavy (non-hydrogen) atoms. The average Bonchev–Trinajstić information content (AvgIpc) is 2.22. The van der Waals surface area contributed by atoms with Gasteiger partial charge in [-0.15, -0.1) is 0 Å². The van der Waals surface area contributed by atoms with Crippen molar-refractivity contribution in [1.82, 2.24) is 14.4 Å². The van der Waals surface area contributed by atoms with Crippen molar-refractivity contribution in [3.63, 3.8) is 0 Å². The zero-order chi connectivity index (χ0) is 11.9. The summed E-state index contributed by atoms with van der Waals surface area (Å²) >= 11 is 0. The Hall–Kier alpha value is -1.65. The molecule has 80 valence electrons. The maximum Gasteiger partial charge on any atom is 0.249 e. The molecule has 0 bridgehead atoms. The first-order chi connectivity index (χ1) is 7.39. The molecule has 0 aliphatic rings. The number of nitrogens with zero attached hydrogens (tertiary/aromatic N) is 3. The van der Waals surface area contributed by atoms with Crippen LogP contribution in [0.2, 0.25) is 0 Å². The lowest BCUT2D eigenvalue weighted by Gasteiger charge is -2.18. The Labute approximate surface area is 94.8 Å². The van der Waals surface area contributed by atoms with Crippen molar-refractivity contribution in [2.24, 2.45) is 0 Å². The Morgan fingerprint density at radius 3 is 2.62 bits per heavy atom. The maximum atomic E-state index is 11.8. The van der Waals surface area contributed by atoms with Crippen LogP contribution in [0.1, 0.15) is 26.3 Å². The van der Waals surface area contributed by atoms with Gasteiger partial charge in [-0.1, -0.05) is 20.8 Å². The zero-order valence-electron chi connectivity index (χ0n) is 9.56. The van der Waals surface area contributed by atoms with Gasteiger partial charge in [-0.05, 0) is 17.0 Å². The Bertz CT molecular complexity index is 598. The maximum absolute atomic E-state index is 11.8. The lowest BCUT2D eigenvalue weighted by atomic mass is 9.88. The van der Waals surface area contributed by atoms with Gasteiger partial charge in [0, 0.05) is 6.20 Å². The molecule has 0 aliphatic heterocycles. The highest BCUT2D eigenvalue weighted by molar-refractivity contribution is 6.06. The second-order valence-corrected chi connectivity index (χ2v) is 4.80. The van der Waals surface area contributed by atoms with Crippen molar-refractivity contribution in [2.75, 3.05) is 0 Å². The monoisotopic (exact) mass is 213 g/mol. The molecule has 2 heterocycles. The second kappa shape index (κ2) is 3.44. The molecular formula is C11H12BN3O. The summed E-state index contributed by atoms with van der Waals surface area (Å²) in [4.78, 5) is 19.9. The van der Waals surface area contributed by atoms with Gasteiger partial charge in [0.25, 0.3) is 0 Å². The van der Waals surface area contributed by atoms with Crippen LogP contribution in [0.25, 0.3) is 11.0 Å². The van der Waals surface area contributed by atoms with E-state index < -0.39 is 0 Å². The smallest absolute Gasteiger partial charge is 0.249 e. The van der Waals surface area contributed by atoms with E-state index in [2.05, 4.69) is 30.7 Å². The van der Waals surface area contributed by atoms with E-state index in [4.69, 9.17) is 7.98 Å². The summed E-state index contributed by atoms with van der Waals surface area (Å²) in [7, 11) is 5.46. The topological polar surface area (TPSA) is 47.8 Å². The van der Waals surface area contributed by atoms with Crippen molar-refractivity contribution in [1.29, 1.82) is 0 Å². The standard InChI is InChI=1S/C11H12BN3O/c1-11(2,3)7-4-8-9(13-5-7)14-6-15(12)10(8)16/h4-6H,1-3H3. The fraction of sp³-hybridized carbons (Fsp3) is 0.364. The number of hydrogen-bond donors (Lipinski definition) is 0. The normalized spacial score (nSPS) is 11.9. The molecule has 0 saturated carbocycles. The molecule has 0 amide bonds. The van der Waals surface area contributed by atoms with E-state index in [1.165, 1.54) is 6.33 Å². The summed E-state index contributed by atoms with van der Waals surface area (Å²) in [6, 6.07) is 1.81. The van der Waals surface area contributed by atoms with Gasteiger partial charge in [-0.25, -0.2) is 9.97 Å². The fourth-order valence-electron chi connectivity index (χ4n) is 1.44. The molecule has 2 aromatic heterocycles. The summed E-state index contributed by atoms with van der Waals surface area (Å²) in [6.07, 6.45) is 3.02. The Kier molecular flexibility index (Phi) is 2.33. The molecule has 0 spiro atoms. The third-order valence-electron chi connectivity index (χ3n) is 2.50. The minimum absolute atomic E-state index is 0.0527. The van der Waals surface area contributed by atoms with Gasteiger partial charge in [0.1, 0.15) is 0 Å². The highest BCUT2D eigenvalue weighted by Gasteiger charge is 2.15. The number of aromatic nitrogens is 3. The van der Waals surface area contributed by atoms with Crippen LogP contribution in [0, 0.1) is 0 Å². The molecule has 0 fully saturated rings. The Morgan fingerprint density at radius 1 is 1.31 bits per heavy atom. The van der Waals surface area contributed by atoms with Crippen LogP contribution < -0.4 is 5.56 Å². The summed E-state index contributed by atoms with van der Waals surface area (Å²) in [5.41, 5.74) is 1.09. The number of rotatable bonds is 0. The average molecular weight is 213 g/mol. The number of hydrogen-bond acceptors (Lipinski definition) is 3. The first-order valence-corrected chi connectivity index (χ1v) is 5.02. The van der Waals surface area contributed by atoms with E-state index in [0.29, 0.717) is 11.0 Å². The van der Waals surface area contributed by atoms with Gasteiger partial charge in [0.2, 0.25) is 13.5 Å². The van der Waals surface area contributed by atoms with Crippen LogP contribution in [0.3, 0.4) is 0 Å². The summed E-state index contributed by atoms with van der Waals surface area (Å²) < 4.78 is 0.969. The molecule has 2 rings (SSSR count). The van der Waals surface area contributed by atoms with Gasteiger partial charge in [-0.2, -0.15) is 0 Å². The molecule has 2 aromatic rings. The fourth-order valence-corrected chi connectivity index (χ4v) is 1.44. The molecular weight excluding hydrogens is 201 g/mol. The predicted octanol–water partition coefficient (Wildman–Crippen LogP) is 1.02. The van der Waals surface area contributed by atoms with Gasteiger partial charge < -0.3 is 4.48 Å². The van der Waals surface area contributed by atoms with Crippen LogP contribution >= 0.6 is 0 Å². The summed E-state index contributed by atoms with van der Waals surface area (Å²) in [5, 5.41) is 0.456. The minimum Gasteiger partial charge on any atom is -0.356 e. The van der Waals surface area contributed by atoms with Crippen molar-refractivity contribution in [3.8, 4) is 0 Å². The largest absolute Gasteiger partial charge is 0.356 e. The van der Waals surface area contributed by atoms with Crippen LogP contribution in [0.15, 0.2) is 23.4 Å². The van der Waals surface area contributed by atoms with Crippen LogP contribution in [-0.2, 0) is 5.41 Å². The summed E-state index contributed by atoms with van der Waals surface area (Å²) in [5.74, 6) is 0. The molecule has 0 unspecified atom stereocenters. The Morgan fingerprint density at radius 2 is 2.00 bits per heavy atom. The molecule has 4 nitrogen and oxygen atoms in total.